The van der Waals surface area contributed by atoms with E-state index in [2.05, 4.69) is 0 Å². The normalized spacial score (nSPS) is 10.4. The molecule has 7 heteroatoms. The first kappa shape index (κ1) is 21.7. The van der Waals surface area contributed by atoms with Crippen molar-refractivity contribution in [2.24, 2.45) is 0 Å². The molecule has 0 atom stereocenters. The molecule has 0 saturated carbocycles. The minimum Gasteiger partial charge on any atom is -0.489 e. The van der Waals surface area contributed by atoms with Gasteiger partial charge >= 0.3 is 5.97 Å². The number of rotatable bonds is 8. The van der Waals surface area contributed by atoms with E-state index in [1.807, 2.05) is 31.2 Å². The summed E-state index contributed by atoms with van der Waals surface area (Å²) in [5.41, 5.74) is 2.69. The summed E-state index contributed by atoms with van der Waals surface area (Å²) in [6.45, 7) is 3.42. The monoisotopic (exact) mass is 419 g/mol. The number of nitrogens with zero attached hydrogens (tertiary/aromatic N) is 1. The number of carbonyl (C=O) groups excluding carboxylic acids is 2. The molecule has 0 aliphatic rings. The zero-order chi connectivity index (χ0) is 22.4. The predicted octanol–water partition coefficient (Wildman–Crippen LogP) is 4.83. The second-order valence-corrected chi connectivity index (χ2v) is 7.06. The first-order chi connectivity index (χ1) is 14.8. The van der Waals surface area contributed by atoms with Gasteiger partial charge in [-0.2, -0.15) is 0 Å². The molecule has 3 aromatic rings. The summed E-state index contributed by atoms with van der Waals surface area (Å²) in [5, 5.41) is 11.0. The van der Waals surface area contributed by atoms with Crippen LogP contribution in [0, 0.1) is 24.0 Å². The highest BCUT2D eigenvalue weighted by atomic mass is 16.6. The maximum absolute atomic E-state index is 12.2. The van der Waals surface area contributed by atoms with Crippen LogP contribution in [0.25, 0.3) is 0 Å². The second-order valence-electron chi connectivity index (χ2n) is 7.06. The van der Waals surface area contributed by atoms with Crippen molar-refractivity contribution in [2.75, 3.05) is 6.61 Å². The van der Waals surface area contributed by atoms with Gasteiger partial charge in [-0.15, -0.1) is 0 Å². The molecule has 0 fully saturated rings. The quantitative estimate of drug-likeness (QED) is 0.225. The lowest BCUT2D eigenvalue weighted by atomic mass is 10.1. The molecule has 0 heterocycles. The van der Waals surface area contributed by atoms with E-state index in [1.54, 1.807) is 31.2 Å². The number of nitro benzene ring substituents is 1. The SMILES string of the molecule is Cc1cccc(OCc2ccc(C(=O)OCC(=O)c3ccc(C)c([N+](=O)[O-])c3)cc2)c1. The highest BCUT2D eigenvalue weighted by molar-refractivity contribution is 5.99. The van der Waals surface area contributed by atoms with Crippen molar-refractivity contribution in [3.63, 3.8) is 0 Å². The van der Waals surface area contributed by atoms with Crippen LogP contribution in [0.3, 0.4) is 0 Å². The zero-order valence-electron chi connectivity index (χ0n) is 17.2. The average Bonchev–Trinajstić information content (AvgIpc) is 2.76. The fourth-order valence-corrected chi connectivity index (χ4v) is 2.89. The Labute approximate surface area is 179 Å². The lowest BCUT2D eigenvalue weighted by molar-refractivity contribution is -0.385. The van der Waals surface area contributed by atoms with E-state index in [-0.39, 0.29) is 11.3 Å². The third-order valence-electron chi connectivity index (χ3n) is 4.65. The van der Waals surface area contributed by atoms with Crippen LogP contribution >= 0.6 is 0 Å². The van der Waals surface area contributed by atoms with E-state index >= 15 is 0 Å². The number of carbonyl (C=O) groups is 2. The molecule has 0 aliphatic heterocycles. The smallest absolute Gasteiger partial charge is 0.338 e. The fraction of sp³-hybridized carbons (Fsp3) is 0.167. The van der Waals surface area contributed by atoms with Crippen LogP contribution in [0.2, 0.25) is 0 Å². The molecule has 0 saturated heterocycles. The molecule has 0 bridgehead atoms. The Morgan fingerprint density at radius 2 is 1.65 bits per heavy atom. The van der Waals surface area contributed by atoms with Gasteiger partial charge in [-0.05, 0) is 49.2 Å². The Morgan fingerprint density at radius 3 is 2.32 bits per heavy atom. The Bertz CT molecular complexity index is 1120. The number of benzene rings is 3. The summed E-state index contributed by atoms with van der Waals surface area (Å²) in [6, 6.07) is 18.6. The number of Topliss-reactive ketones (excluding diaryl/α,β-unsaturated/α-hetero) is 1. The molecule has 0 aliphatic carbocycles. The van der Waals surface area contributed by atoms with E-state index in [4.69, 9.17) is 9.47 Å². The molecule has 3 aromatic carbocycles. The van der Waals surface area contributed by atoms with Gasteiger partial charge in [0.15, 0.2) is 6.61 Å². The van der Waals surface area contributed by atoms with Gasteiger partial charge < -0.3 is 9.47 Å². The van der Waals surface area contributed by atoms with Gasteiger partial charge in [-0.1, -0.05) is 36.4 Å². The number of hydrogen-bond donors (Lipinski definition) is 0. The van der Waals surface area contributed by atoms with E-state index < -0.39 is 23.3 Å². The number of aryl methyl sites for hydroxylation is 2. The van der Waals surface area contributed by atoms with Gasteiger partial charge in [0.25, 0.3) is 5.69 Å². The van der Waals surface area contributed by atoms with Crippen LogP contribution in [0.1, 0.15) is 37.4 Å². The summed E-state index contributed by atoms with van der Waals surface area (Å²) in [7, 11) is 0. The lowest BCUT2D eigenvalue weighted by Gasteiger charge is -2.08. The number of ether oxygens (including phenoxy) is 2. The summed E-state index contributed by atoms with van der Waals surface area (Å²) >= 11 is 0. The average molecular weight is 419 g/mol. The Morgan fingerprint density at radius 1 is 0.935 bits per heavy atom. The lowest BCUT2D eigenvalue weighted by Crippen LogP contribution is -2.14. The van der Waals surface area contributed by atoms with Crippen LogP contribution in [0.4, 0.5) is 5.69 Å². The minimum absolute atomic E-state index is 0.119. The van der Waals surface area contributed by atoms with E-state index in [0.717, 1.165) is 16.9 Å². The van der Waals surface area contributed by atoms with Crippen LogP contribution in [-0.4, -0.2) is 23.3 Å². The second kappa shape index (κ2) is 9.67. The summed E-state index contributed by atoms with van der Waals surface area (Å²) in [5.74, 6) is -0.404. The molecule has 3 rings (SSSR count). The van der Waals surface area contributed by atoms with Crippen molar-refractivity contribution >= 4 is 17.4 Å². The van der Waals surface area contributed by atoms with Gasteiger partial charge in [0.1, 0.15) is 12.4 Å². The molecule has 0 spiro atoms. The van der Waals surface area contributed by atoms with Gasteiger partial charge in [-0.25, -0.2) is 4.79 Å². The highest BCUT2D eigenvalue weighted by Crippen LogP contribution is 2.20. The molecule has 0 N–H and O–H groups in total. The van der Waals surface area contributed by atoms with Gasteiger partial charge in [0.05, 0.1) is 10.5 Å². The molecule has 31 heavy (non-hydrogen) atoms. The molecule has 158 valence electrons. The maximum atomic E-state index is 12.2. The molecular formula is C24H21NO6. The van der Waals surface area contributed by atoms with Gasteiger partial charge in [-0.3, -0.25) is 14.9 Å². The third-order valence-corrected chi connectivity index (χ3v) is 4.65. The molecule has 0 unspecified atom stereocenters. The number of nitro groups is 1. The summed E-state index contributed by atoms with van der Waals surface area (Å²) in [6.07, 6.45) is 0. The number of esters is 1. The van der Waals surface area contributed by atoms with Crippen molar-refractivity contribution in [1.82, 2.24) is 0 Å². The van der Waals surface area contributed by atoms with Gasteiger partial charge in [0.2, 0.25) is 5.78 Å². The van der Waals surface area contributed by atoms with E-state index in [9.17, 15) is 19.7 Å². The molecule has 0 amide bonds. The number of hydrogen-bond acceptors (Lipinski definition) is 6. The fourth-order valence-electron chi connectivity index (χ4n) is 2.89. The van der Waals surface area contributed by atoms with E-state index in [0.29, 0.717) is 17.7 Å². The van der Waals surface area contributed by atoms with Crippen LogP contribution in [0.5, 0.6) is 5.75 Å². The predicted molar refractivity (Wildman–Crippen MR) is 114 cm³/mol. The Hall–Kier alpha value is -4.00. The minimum atomic E-state index is -0.652. The van der Waals surface area contributed by atoms with Crippen molar-refractivity contribution in [2.45, 2.75) is 20.5 Å². The van der Waals surface area contributed by atoms with Crippen LogP contribution in [0.15, 0.2) is 66.7 Å². The molecular weight excluding hydrogens is 398 g/mol. The van der Waals surface area contributed by atoms with Crippen molar-refractivity contribution in [3.05, 3.63) is 105 Å². The van der Waals surface area contributed by atoms with Gasteiger partial charge in [0, 0.05) is 17.2 Å². The topological polar surface area (TPSA) is 95.7 Å². The summed E-state index contributed by atoms with van der Waals surface area (Å²) < 4.78 is 10.8. The third kappa shape index (κ3) is 5.76. The molecule has 7 nitrogen and oxygen atoms in total. The van der Waals surface area contributed by atoms with Crippen molar-refractivity contribution in [3.8, 4) is 5.75 Å². The Kier molecular flexibility index (Phi) is 6.77. The molecule has 0 aromatic heterocycles. The number of ketones is 1. The maximum Gasteiger partial charge on any atom is 0.338 e. The first-order valence-corrected chi connectivity index (χ1v) is 9.57. The van der Waals surface area contributed by atoms with Crippen molar-refractivity contribution < 1.29 is 24.0 Å². The molecule has 0 radical (unpaired) electrons. The first-order valence-electron chi connectivity index (χ1n) is 9.57. The largest absolute Gasteiger partial charge is 0.489 e. The van der Waals surface area contributed by atoms with Crippen LogP contribution in [-0.2, 0) is 11.3 Å². The van der Waals surface area contributed by atoms with Crippen molar-refractivity contribution in [1.29, 1.82) is 0 Å². The standard InChI is InChI=1S/C24H21NO6/c1-16-4-3-5-21(12-16)30-14-18-7-10-19(11-8-18)24(27)31-15-23(26)20-9-6-17(2)22(13-20)25(28)29/h3-13H,14-15H2,1-2H3. The van der Waals surface area contributed by atoms with E-state index in [1.165, 1.54) is 18.2 Å². The summed E-state index contributed by atoms with van der Waals surface area (Å²) in [4.78, 5) is 34.9. The van der Waals surface area contributed by atoms with Crippen LogP contribution < -0.4 is 4.74 Å². The highest BCUT2D eigenvalue weighted by Gasteiger charge is 2.17. The Balaban J connectivity index is 1.55. The zero-order valence-corrected chi connectivity index (χ0v) is 17.2.